The van der Waals surface area contributed by atoms with Crippen molar-refractivity contribution in [2.75, 3.05) is 6.61 Å². The molecule has 4 nitrogen and oxygen atoms in total. The summed E-state index contributed by atoms with van der Waals surface area (Å²) in [4.78, 5) is 0. The van der Waals surface area contributed by atoms with Crippen molar-refractivity contribution >= 4 is 10.1 Å². The first-order chi connectivity index (χ1) is 13.0. The van der Waals surface area contributed by atoms with Gasteiger partial charge in [0, 0.05) is 6.61 Å². The summed E-state index contributed by atoms with van der Waals surface area (Å²) in [5.41, 5.74) is 0. The molecule has 164 valence electrons. The number of hydrogen-bond donors (Lipinski definition) is 2. The van der Waals surface area contributed by atoms with Crippen LogP contribution in [0.25, 0.3) is 0 Å². The van der Waals surface area contributed by atoms with E-state index < -0.39 is 15.4 Å². The molecule has 2 N–H and O–H groups in total. The molecule has 0 aliphatic heterocycles. The summed E-state index contributed by atoms with van der Waals surface area (Å²) in [7, 11) is -3.90. The minimum Gasteiger partial charge on any atom is -0.396 e. The Morgan fingerprint density at radius 3 is 1.26 bits per heavy atom. The summed E-state index contributed by atoms with van der Waals surface area (Å²) in [6.45, 7) is 2.52. The van der Waals surface area contributed by atoms with Crippen LogP contribution < -0.4 is 0 Å². The predicted molar refractivity (Wildman–Crippen MR) is 116 cm³/mol. The molecule has 0 aliphatic rings. The summed E-state index contributed by atoms with van der Waals surface area (Å²) >= 11 is 0. The molecule has 0 aromatic heterocycles. The van der Waals surface area contributed by atoms with Crippen LogP contribution in [0.1, 0.15) is 129 Å². The van der Waals surface area contributed by atoms with E-state index in [9.17, 15) is 13.0 Å². The molecule has 0 fully saturated rings. The van der Waals surface area contributed by atoms with Crippen LogP contribution in [-0.4, -0.2) is 29.9 Å². The molecule has 27 heavy (non-hydrogen) atoms. The lowest BCUT2D eigenvalue weighted by molar-refractivity contribution is 0.282. The second-order valence-electron chi connectivity index (χ2n) is 8.09. The van der Waals surface area contributed by atoms with Crippen LogP contribution in [0.2, 0.25) is 0 Å². The SMILES string of the molecule is CCCCCCCCCCCC(CCCCCCCCCCO)S(=O)(=O)O. The van der Waals surface area contributed by atoms with Crippen molar-refractivity contribution in [3.05, 3.63) is 0 Å². The van der Waals surface area contributed by atoms with E-state index in [1.165, 1.54) is 64.2 Å². The van der Waals surface area contributed by atoms with E-state index >= 15 is 0 Å². The molecule has 0 saturated heterocycles. The molecule has 0 bridgehead atoms. The smallest absolute Gasteiger partial charge is 0.267 e. The maximum Gasteiger partial charge on any atom is 0.267 e. The minimum absolute atomic E-state index is 0.288. The molecular formula is C22H46O4S. The van der Waals surface area contributed by atoms with E-state index in [1.54, 1.807) is 0 Å². The highest BCUT2D eigenvalue weighted by Crippen LogP contribution is 2.19. The Morgan fingerprint density at radius 2 is 0.926 bits per heavy atom. The van der Waals surface area contributed by atoms with Gasteiger partial charge in [-0.05, 0) is 19.3 Å². The maximum atomic E-state index is 11.6. The van der Waals surface area contributed by atoms with Gasteiger partial charge in [-0.15, -0.1) is 0 Å². The minimum atomic E-state index is -3.90. The van der Waals surface area contributed by atoms with Crippen LogP contribution in [0.5, 0.6) is 0 Å². The third kappa shape index (κ3) is 19.0. The van der Waals surface area contributed by atoms with E-state index in [0.717, 1.165) is 44.9 Å². The van der Waals surface area contributed by atoms with E-state index in [4.69, 9.17) is 5.11 Å². The van der Waals surface area contributed by atoms with Gasteiger partial charge in [0.25, 0.3) is 10.1 Å². The molecule has 0 heterocycles. The normalized spacial score (nSPS) is 13.1. The Morgan fingerprint density at radius 1 is 0.593 bits per heavy atom. The Balaban J connectivity index is 3.67. The highest BCUT2D eigenvalue weighted by Gasteiger charge is 2.21. The van der Waals surface area contributed by atoms with E-state index in [2.05, 4.69) is 6.92 Å². The summed E-state index contributed by atoms with van der Waals surface area (Å²) in [5, 5.41) is 8.17. The second-order valence-corrected chi connectivity index (χ2v) is 9.79. The fourth-order valence-corrected chi connectivity index (χ4v) is 4.60. The number of aliphatic hydroxyl groups excluding tert-OH is 1. The molecule has 0 spiro atoms. The lowest BCUT2D eigenvalue weighted by Crippen LogP contribution is -2.20. The zero-order valence-corrected chi connectivity index (χ0v) is 18.7. The first-order valence-electron chi connectivity index (χ1n) is 11.6. The van der Waals surface area contributed by atoms with Crippen LogP contribution >= 0.6 is 0 Å². The van der Waals surface area contributed by atoms with E-state index in [1.807, 2.05) is 0 Å². The van der Waals surface area contributed by atoms with Gasteiger partial charge in [-0.1, -0.05) is 110 Å². The highest BCUT2D eigenvalue weighted by atomic mass is 32.2. The van der Waals surface area contributed by atoms with Crippen LogP contribution in [0.15, 0.2) is 0 Å². The molecule has 0 saturated carbocycles. The molecule has 5 heteroatoms. The van der Waals surface area contributed by atoms with Gasteiger partial charge in [0.1, 0.15) is 0 Å². The molecule has 0 aromatic rings. The van der Waals surface area contributed by atoms with Crippen molar-refractivity contribution in [1.82, 2.24) is 0 Å². The third-order valence-electron chi connectivity index (χ3n) is 5.49. The average molecular weight is 407 g/mol. The van der Waals surface area contributed by atoms with Crippen LogP contribution in [0.3, 0.4) is 0 Å². The van der Waals surface area contributed by atoms with Gasteiger partial charge in [0.2, 0.25) is 0 Å². The Hall–Kier alpha value is -0.130. The third-order valence-corrected chi connectivity index (χ3v) is 6.80. The fourth-order valence-electron chi connectivity index (χ4n) is 3.67. The largest absolute Gasteiger partial charge is 0.396 e. The molecular weight excluding hydrogens is 360 g/mol. The Kier molecular flexibility index (Phi) is 19.1. The number of hydrogen-bond acceptors (Lipinski definition) is 3. The van der Waals surface area contributed by atoms with Crippen molar-refractivity contribution in [2.45, 2.75) is 134 Å². The van der Waals surface area contributed by atoms with Crippen LogP contribution in [0.4, 0.5) is 0 Å². The number of rotatable bonds is 21. The van der Waals surface area contributed by atoms with Gasteiger partial charge in [0.05, 0.1) is 5.25 Å². The number of aliphatic hydroxyl groups is 1. The van der Waals surface area contributed by atoms with Gasteiger partial charge >= 0.3 is 0 Å². The number of unbranched alkanes of at least 4 members (excludes halogenated alkanes) is 15. The quantitative estimate of drug-likeness (QED) is 0.165. The first kappa shape index (κ1) is 26.9. The molecule has 1 unspecified atom stereocenters. The fraction of sp³-hybridized carbons (Fsp3) is 1.00. The zero-order chi connectivity index (χ0) is 20.2. The van der Waals surface area contributed by atoms with Gasteiger partial charge in [-0.25, -0.2) is 0 Å². The highest BCUT2D eigenvalue weighted by molar-refractivity contribution is 7.86. The van der Waals surface area contributed by atoms with Gasteiger partial charge in [-0.2, -0.15) is 8.42 Å². The zero-order valence-electron chi connectivity index (χ0n) is 17.8. The van der Waals surface area contributed by atoms with Gasteiger partial charge in [-0.3, -0.25) is 4.55 Å². The standard InChI is InChI=1S/C22H46O4S/c1-2-3-4-5-6-7-10-13-16-19-22(27(24,25)26)20-17-14-11-8-9-12-15-18-21-23/h22-23H,2-21H2,1H3,(H,24,25,26). The molecule has 0 aromatic carbocycles. The monoisotopic (exact) mass is 406 g/mol. The topological polar surface area (TPSA) is 74.6 Å². The first-order valence-corrected chi connectivity index (χ1v) is 13.1. The summed E-state index contributed by atoms with van der Waals surface area (Å²) in [5.74, 6) is 0. The summed E-state index contributed by atoms with van der Waals surface area (Å²) < 4.78 is 32.7. The van der Waals surface area contributed by atoms with Gasteiger partial charge < -0.3 is 5.11 Å². The molecule has 0 aliphatic carbocycles. The maximum absolute atomic E-state index is 11.6. The summed E-state index contributed by atoms with van der Waals surface area (Å²) in [6, 6.07) is 0. The lowest BCUT2D eigenvalue weighted by atomic mass is 10.0. The van der Waals surface area contributed by atoms with Gasteiger partial charge in [0.15, 0.2) is 0 Å². The Bertz CT molecular complexity index is 373. The van der Waals surface area contributed by atoms with Crippen molar-refractivity contribution in [3.8, 4) is 0 Å². The van der Waals surface area contributed by atoms with Crippen molar-refractivity contribution in [2.24, 2.45) is 0 Å². The van der Waals surface area contributed by atoms with Crippen molar-refractivity contribution in [1.29, 1.82) is 0 Å². The van der Waals surface area contributed by atoms with Crippen molar-refractivity contribution < 1.29 is 18.1 Å². The molecule has 0 rings (SSSR count). The van der Waals surface area contributed by atoms with Crippen LogP contribution in [-0.2, 0) is 10.1 Å². The van der Waals surface area contributed by atoms with E-state index in [-0.39, 0.29) is 6.61 Å². The molecule has 1 atom stereocenters. The van der Waals surface area contributed by atoms with Crippen molar-refractivity contribution in [3.63, 3.8) is 0 Å². The Labute approximate surface area is 169 Å². The summed E-state index contributed by atoms with van der Waals surface area (Å²) in [6.07, 6.45) is 20.8. The second kappa shape index (κ2) is 19.2. The average Bonchev–Trinajstić information content (AvgIpc) is 2.62. The predicted octanol–water partition coefficient (Wildman–Crippen LogP) is 6.67. The lowest BCUT2D eigenvalue weighted by Gasteiger charge is -2.13. The van der Waals surface area contributed by atoms with E-state index in [0.29, 0.717) is 12.8 Å². The van der Waals surface area contributed by atoms with Crippen LogP contribution in [0, 0.1) is 0 Å². The molecule has 0 radical (unpaired) electrons. The molecule has 0 amide bonds.